The lowest BCUT2D eigenvalue weighted by atomic mass is 9.42. The van der Waals surface area contributed by atoms with E-state index in [-0.39, 0.29) is 16.8 Å². The van der Waals surface area contributed by atoms with Crippen molar-refractivity contribution in [3.8, 4) is 0 Å². The highest BCUT2D eigenvalue weighted by Crippen LogP contribution is 2.67. The molecule has 3 nitrogen and oxygen atoms in total. The summed E-state index contributed by atoms with van der Waals surface area (Å²) in [6, 6.07) is 0. The Morgan fingerprint density at radius 2 is 1.95 bits per heavy atom. The summed E-state index contributed by atoms with van der Waals surface area (Å²) in [4.78, 5) is 11.9. The fourth-order valence-electron chi connectivity index (χ4n) is 5.57. The highest BCUT2D eigenvalue weighted by atomic mass is 16.6. The Kier molecular flexibility index (Phi) is 2.52. The summed E-state index contributed by atoms with van der Waals surface area (Å²) in [6.07, 6.45) is 4.40. The number of hydrogen-bond acceptors (Lipinski definition) is 3. The first kappa shape index (κ1) is 13.2. The molecule has 3 heteroatoms. The highest BCUT2D eigenvalue weighted by Gasteiger charge is 2.67. The molecule has 4 bridgehead atoms. The van der Waals surface area contributed by atoms with Gasteiger partial charge >= 0.3 is 5.97 Å². The summed E-state index contributed by atoms with van der Waals surface area (Å²) in [6.45, 7) is 9.76. The van der Waals surface area contributed by atoms with Gasteiger partial charge in [-0.05, 0) is 55.8 Å². The van der Waals surface area contributed by atoms with Crippen LogP contribution < -0.4 is 0 Å². The second-order valence-corrected chi connectivity index (χ2v) is 7.93. The van der Waals surface area contributed by atoms with Crippen LogP contribution in [0, 0.1) is 16.7 Å². The largest absolute Gasteiger partial charge is 0.453 e. The van der Waals surface area contributed by atoms with Gasteiger partial charge in [0.15, 0.2) is 0 Å². The van der Waals surface area contributed by atoms with Gasteiger partial charge in [-0.3, -0.25) is 0 Å². The van der Waals surface area contributed by atoms with Gasteiger partial charge < -0.3 is 9.84 Å². The van der Waals surface area contributed by atoms with Crippen molar-refractivity contribution in [3.63, 3.8) is 0 Å². The van der Waals surface area contributed by atoms with Gasteiger partial charge in [0.1, 0.15) is 5.60 Å². The maximum absolute atomic E-state index is 11.9. The standard InChI is InChI=1S/C16H24O3/c1-10(2)12(17)19-16-7-11-5-14(3,9-16)8-15(4,6-11)13(16)18/h11,13,18H,1,5-9H2,2-4H3. The maximum Gasteiger partial charge on any atom is 0.333 e. The van der Waals surface area contributed by atoms with Gasteiger partial charge in [-0.15, -0.1) is 0 Å². The number of carbonyl (C=O) groups is 1. The van der Waals surface area contributed by atoms with Crippen LogP contribution >= 0.6 is 0 Å². The normalized spacial score (nSPS) is 51.2. The number of carbonyl (C=O) groups excluding carboxylic acids is 1. The number of ether oxygens (including phenoxy) is 1. The topological polar surface area (TPSA) is 46.5 Å². The van der Waals surface area contributed by atoms with E-state index in [4.69, 9.17) is 4.74 Å². The number of aliphatic hydroxyl groups is 1. The Labute approximate surface area is 115 Å². The van der Waals surface area contributed by atoms with E-state index in [1.54, 1.807) is 6.92 Å². The molecule has 0 saturated heterocycles. The van der Waals surface area contributed by atoms with Gasteiger partial charge in [0.05, 0.1) is 6.10 Å². The smallest absolute Gasteiger partial charge is 0.333 e. The quantitative estimate of drug-likeness (QED) is 0.616. The lowest BCUT2D eigenvalue weighted by Gasteiger charge is -2.66. The van der Waals surface area contributed by atoms with Gasteiger partial charge in [-0.1, -0.05) is 20.4 Å². The molecule has 106 valence electrons. The van der Waals surface area contributed by atoms with Crippen molar-refractivity contribution in [2.45, 2.75) is 64.6 Å². The van der Waals surface area contributed by atoms with Gasteiger partial charge in [-0.2, -0.15) is 0 Å². The molecule has 4 aliphatic carbocycles. The Morgan fingerprint density at radius 1 is 1.26 bits per heavy atom. The highest BCUT2D eigenvalue weighted by molar-refractivity contribution is 5.87. The predicted molar refractivity (Wildman–Crippen MR) is 72.4 cm³/mol. The average molecular weight is 264 g/mol. The predicted octanol–water partition coefficient (Wildman–Crippen LogP) is 2.83. The van der Waals surface area contributed by atoms with Crippen molar-refractivity contribution in [1.82, 2.24) is 0 Å². The Balaban J connectivity index is 1.96. The average Bonchev–Trinajstić information content (AvgIpc) is 2.22. The van der Waals surface area contributed by atoms with Gasteiger partial charge in [0.2, 0.25) is 0 Å². The van der Waals surface area contributed by atoms with Crippen LogP contribution in [0.5, 0.6) is 0 Å². The first-order valence-corrected chi connectivity index (χ1v) is 7.25. The van der Waals surface area contributed by atoms with Crippen LogP contribution in [0.2, 0.25) is 0 Å². The summed E-state index contributed by atoms with van der Waals surface area (Å²) in [5.74, 6) is 0.229. The summed E-state index contributed by atoms with van der Waals surface area (Å²) < 4.78 is 5.77. The van der Waals surface area contributed by atoms with Crippen molar-refractivity contribution >= 4 is 5.97 Å². The first-order chi connectivity index (χ1) is 8.68. The fraction of sp³-hybridized carbons (Fsp3) is 0.812. The van der Waals surface area contributed by atoms with E-state index in [0.717, 1.165) is 25.7 Å². The molecule has 0 amide bonds. The van der Waals surface area contributed by atoms with E-state index >= 15 is 0 Å². The maximum atomic E-state index is 11.9. The minimum absolute atomic E-state index is 0.0937. The SMILES string of the molecule is C=C(C)C(=O)OC12CC3CC(C)(CC(C)(C3)C1O)C2. The fourth-order valence-corrected chi connectivity index (χ4v) is 5.57. The van der Waals surface area contributed by atoms with Crippen molar-refractivity contribution in [2.24, 2.45) is 16.7 Å². The molecule has 5 atom stereocenters. The number of hydrogen-bond donors (Lipinski definition) is 1. The van der Waals surface area contributed by atoms with Crippen molar-refractivity contribution in [3.05, 3.63) is 12.2 Å². The molecule has 4 aliphatic rings. The molecule has 0 radical (unpaired) electrons. The van der Waals surface area contributed by atoms with Crippen LogP contribution in [-0.2, 0) is 9.53 Å². The van der Waals surface area contributed by atoms with Crippen LogP contribution in [0.3, 0.4) is 0 Å². The summed E-state index contributed by atoms with van der Waals surface area (Å²) in [5, 5.41) is 10.8. The molecule has 0 aromatic carbocycles. The molecule has 0 aliphatic heterocycles. The molecule has 0 aromatic heterocycles. The van der Waals surface area contributed by atoms with Crippen molar-refractivity contribution in [2.75, 3.05) is 0 Å². The monoisotopic (exact) mass is 264 g/mol. The molecular weight excluding hydrogens is 240 g/mol. The lowest BCUT2D eigenvalue weighted by Crippen LogP contribution is -2.68. The Bertz CT molecular complexity index is 457. The second kappa shape index (κ2) is 3.63. The molecule has 19 heavy (non-hydrogen) atoms. The molecule has 0 heterocycles. The van der Waals surface area contributed by atoms with E-state index in [1.165, 1.54) is 6.42 Å². The van der Waals surface area contributed by atoms with Crippen LogP contribution in [0.4, 0.5) is 0 Å². The second-order valence-electron chi connectivity index (χ2n) is 7.93. The number of esters is 1. The van der Waals surface area contributed by atoms with Crippen LogP contribution in [0.25, 0.3) is 0 Å². The molecular formula is C16H24O3. The summed E-state index contributed by atoms with van der Waals surface area (Å²) >= 11 is 0. The van der Waals surface area contributed by atoms with Crippen LogP contribution in [0.1, 0.15) is 52.9 Å². The summed E-state index contributed by atoms with van der Waals surface area (Å²) in [5.41, 5.74) is -0.134. The first-order valence-electron chi connectivity index (χ1n) is 7.25. The molecule has 0 spiro atoms. The van der Waals surface area contributed by atoms with Crippen LogP contribution in [-0.4, -0.2) is 22.8 Å². The molecule has 5 unspecified atom stereocenters. The minimum Gasteiger partial charge on any atom is -0.453 e. The molecule has 4 rings (SSSR count). The number of aliphatic hydroxyl groups excluding tert-OH is 1. The van der Waals surface area contributed by atoms with Crippen LogP contribution in [0.15, 0.2) is 12.2 Å². The lowest BCUT2D eigenvalue weighted by molar-refractivity contribution is -0.268. The third-order valence-corrected chi connectivity index (χ3v) is 5.53. The van der Waals surface area contributed by atoms with Gasteiger partial charge in [0, 0.05) is 5.57 Å². The zero-order valence-electron chi connectivity index (χ0n) is 12.2. The third kappa shape index (κ3) is 1.78. The van der Waals surface area contributed by atoms with E-state index in [1.807, 2.05) is 0 Å². The van der Waals surface area contributed by atoms with Gasteiger partial charge in [-0.25, -0.2) is 4.79 Å². The molecule has 1 N–H and O–H groups in total. The minimum atomic E-state index is -0.668. The van der Waals surface area contributed by atoms with E-state index in [0.29, 0.717) is 11.5 Å². The van der Waals surface area contributed by atoms with E-state index < -0.39 is 11.7 Å². The zero-order valence-corrected chi connectivity index (χ0v) is 12.2. The molecule has 4 fully saturated rings. The number of rotatable bonds is 2. The van der Waals surface area contributed by atoms with Gasteiger partial charge in [0.25, 0.3) is 0 Å². The molecule has 4 saturated carbocycles. The van der Waals surface area contributed by atoms with E-state index in [9.17, 15) is 9.90 Å². The van der Waals surface area contributed by atoms with Crippen molar-refractivity contribution in [1.29, 1.82) is 0 Å². The Morgan fingerprint density at radius 3 is 2.53 bits per heavy atom. The Hall–Kier alpha value is -0.830. The molecule has 0 aromatic rings. The zero-order chi connectivity index (χ0) is 14.1. The van der Waals surface area contributed by atoms with E-state index in [2.05, 4.69) is 20.4 Å². The third-order valence-electron chi connectivity index (χ3n) is 5.53. The van der Waals surface area contributed by atoms with Crippen molar-refractivity contribution < 1.29 is 14.6 Å². The summed E-state index contributed by atoms with van der Waals surface area (Å²) in [7, 11) is 0.